The van der Waals surface area contributed by atoms with Crippen LogP contribution < -0.4 is 0 Å². The van der Waals surface area contributed by atoms with Gasteiger partial charge in [-0.2, -0.15) is 0 Å². The van der Waals surface area contributed by atoms with E-state index < -0.39 is 0 Å². The van der Waals surface area contributed by atoms with E-state index in [4.69, 9.17) is 22.2 Å². The Labute approximate surface area is 130 Å². The fraction of sp³-hybridized carbons (Fsp3) is 0. The Morgan fingerprint density at radius 3 is 1.18 bits per heavy atom. The Hall–Kier alpha value is -2.79. The Morgan fingerprint density at radius 1 is 0.500 bits per heavy atom. The summed E-state index contributed by atoms with van der Waals surface area (Å²) in [4.78, 5) is 19.3. The van der Waals surface area contributed by atoms with E-state index in [0.717, 1.165) is 33.5 Å². The van der Waals surface area contributed by atoms with E-state index in [1.54, 1.807) is 0 Å². The molecule has 2 aromatic carbocycles. The smallest absolute Gasteiger partial charge is 0.119 e. The first kappa shape index (κ1) is 11.8. The third-order valence-electron chi connectivity index (χ3n) is 3.80. The van der Waals surface area contributed by atoms with E-state index in [9.17, 15) is 0 Å². The normalized spacial score (nSPS) is 12.6. The molecule has 0 aliphatic heterocycles. The molecule has 102 valence electrons. The lowest BCUT2D eigenvalue weighted by Crippen LogP contribution is -2.00. The van der Waals surface area contributed by atoms with Gasteiger partial charge < -0.3 is 0 Å². The number of hydrogen-bond donors (Lipinski definition) is 0. The van der Waals surface area contributed by atoms with Gasteiger partial charge in [0.05, 0.1) is 26.9 Å². The van der Waals surface area contributed by atoms with Gasteiger partial charge in [0.25, 0.3) is 0 Å². The average molecular weight is 300 g/mol. The summed E-state index contributed by atoms with van der Waals surface area (Å²) in [6.07, 6.45) is 0. The molecule has 0 saturated heterocycles. The first-order valence-corrected chi connectivity index (χ1v) is 7.31. The summed E-state index contributed by atoms with van der Waals surface area (Å²) in [5.41, 5.74) is 6.23. The van der Waals surface area contributed by atoms with Crippen molar-refractivity contribution in [1.29, 1.82) is 0 Å². The average Bonchev–Trinajstić information content (AvgIpc) is 2.83. The zero-order valence-corrected chi connectivity index (χ0v) is 12.1. The van der Waals surface area contributed by atoms with Crippen molar-refractivity contribution in [1.82, 2.24) is 19.9 Å². The molecule has 0 spiro atoms. The highest BCUT2D eigenvalue weighted by atomic mass is 32.1. The standard InChI is InChI=1S/C17H8N4S/c22-17-15-13(18-9-5-1-3-7-11(9)20-15)14-16(17)21-12-8-4-2-6-10(12)19-14/h1-8H. The molecule has 22 heavy (non-hydrogen) atoms. The maximum Gasteiger partial charge on any atom is 0.119 e. The lowest BCUT2D eigenvalue weighted by Gasteiger charge is -2.02. The van der Waals surface area contributed by atoms with Crippen molar-refractivity contribution < 1.29 is 0 Å². The first-order chi connectivity index (χ1) is 10.8. The van der Waals surface area contributed by atoms with Crippen molar-refractivity contribution in [2.24, 2.45) is 0 Å². The van der Waals surface area contributed by atoms with Crippen LogP contribution in [0.15, 0.2) is 48.5 Å². The van der Waals surface area contributed by atoms with Crippen LogP contribution in [0.5, 0.6) is 0 Å². The van der Waals surface area contributed by atoms with Crippen LogP contribution in [0.1, 0.15) is 11.4 Å². The van der Waals surface area contributed by atoms with Crippen LogP contribution in [0.25, 0.3) is 33.5 Å². The van der Waals surface area contributed by atoms with Crippen LogP contribution in [-0.2, 0) is 0 Å². The van der Waals surface area contributed by atoms with Gasteiger partial charge in [0, 0.05) is 0 Å². The minimum Gasteiger partial charge on any atom is -0.243 e. The highest BCUT2D eigenvalue weighted by Gasteiger charge is 2.30. The third-order valence-corrected chi connectivity index (χ3v) is 4.18. The minimum absolute atomic E-state index is 0.626. The molecule has 1 aliphatic carbocycles. The first-order valence-electron chi connectivity index (χ1n) is 6.90. The van der Waals surface area contributed by atoms with Crippen LogP contribution in [0.2, 0.25) is 0 Å². The topological polar surface area (TPSA) is 51.6 Å². The van der Waals surface area contributed by atoms with E-state index >= 15 is 0 Å². The predicted molar refractivity (Wildman–Crippen MR) is 88.9 cm³/mol. The molecular formula is C17H8N4S. The molecule has 0 atom stereocenters. The number of thiocarbonyl (C=S) groups is 1. The summed E-state index contributed by atoms with van der Waals surface area (Å²) in [5, 5.41) is 0. The van der Waals surface area contributed by atoms with E-state index in [2.05, 4.69) is 9.97 Å². The van der Waals surface area contributed by atoms with Gasteiger partial charge in [-0.25, -0.2) is 19.9 Å². The fourth-order valence-corrected chi connectivity index (χ4v) is 3.04. The van der Waals surface area contributed by atoms with Gasteiger partial charge in [0.1, 0.15) is 22.8 Å². The molecule has 2 aromatic heterocycles. The highest BCUT2D eigenvalue weighted by molar-refractivity contribution is 7.81. The number of benzene rings is 2. The summed E-state index contributed by atoms with van der Waals surface area (Å²) < 4.78 is 0. The van der Waals surface area contributed by atoms with Crippen molar-refractivity contribution in [2.45, 2.75) is 0 Å². The largest absolute Gasteiger partial charge is 0.243 e. The van der Waals surface area contributed by atoms with Crippen LogP contribution >= 0.6 is 12.2 Å². The van der Waals surface area contributed by atoms with Crippen molar-refractivity contribution >= 4 is 39.1 Å². The summed E-state index contributed by atoms with van der Waals surface area (Å²) in [6, 6.07) is 15.5. The molecule has 1 aliphatic rings. The van der Waals surface area contributed by atoms with Crippen LogP contribution in [-0.4, -0.2) is 24.8 Å². The van der Waals surface area contributed by atoms with Gasteiger partial charge in [-0.1, -0.05) is 36.5 Å². The SMILES string of the molecule is S=C1c2nc3ccccc3nc2-c2nc3ccccc3nc21. The highest BCUT2D eigenvalue weighted by Crippen LogP contribution is 2.34. The number of rotatable bonds is 0. The molecule has 0 fully saturated rings. The second-order valence-corrected chi connectivity index (χ2v) is 5.56. The van der Waals surface area contributed by atoms with Gasteiger partial charge >= 0.3 is 0 Å². The maximum absolute atomic E-state index is 5.55. The lowest BCUT2D eigenvalue weighted by molar-refractivity contribution is 1.24. The Kier molecular flexibility index (Phi) is 2.21. The van der Waals surface area contributed by atoms with Gasteiger partial charge in [0.2, 0.25) is 0 Å². The lowest BCUT2D eigenvalue weighted by atomic mass is 10.2. The molecule has 0 bridgehead atoms. The Bertz CT molecular complexity index is 1020. The Morgan fingerprint density at radius 2 is 0.818 bits per heavy atom. The minimum atomic E-state index is 0.626. The van der Waals surface area contributed by atoms with Gasteiger partial charge in [-0.3, -0.25) is 0 Å². The monoisotopic (exact) mass is 300 g/mol. The molecule has 0 amide bonds. The quantitative estimate of drug-likeness (QED) is 0.411. The van der Waals surface area contributed by atoms with Crippen LogP contribution in [0.4, 0.5) is 0 Å². The maximum atomic E-state index is 5.55. The van der Waals surface area contributed by atoms with E-state index in [1.807, 2.05) is 48.5 Å². The van der Waals surface area contributed by atoms with Crippen LogP contribution in [0.3, 0.4) is 0 Å². The van der Waals surface area contributed by atoms with Crippen molar-refractivity contribution in [3.63, 3.8) is 0 Å². The molecule has 5 rings (SSSR count). The molecule has 0 radical (unpaired) electrons. The van der Waals surface area contributed by atoms with E-state index in [-0.39, 0.29) is 0 Å². The molecule has 4 nitrogen and oxygen atoms in total. The number of hydrogen-bond acceptors (Lipinski definition) is 5. The molecular weight excluding hydrogens is 292 g/mol. The zero-order chi connectivity index (χ0) is 14.7. The number of nitrogens with zero attached hydrogens (tertiary/aromatic N) is 4. The predicted octanol–water partition coefficient (Wildman–Crippen LogP) is 3.32. The molecule has 0 N–H and O–H groups in total. The van der Waals surface area contributed by atoms with Gasteiger partial charge in [-0.15, -0.1) is 0 Å². The molecule has 0 saturated carbocycles. The third kappa shape index (κ3) is 1.48. The Balaban J connectivity index is 1.90. The zero-order valence-electron chi connectivity index (χ0n) is 11.3. The molecule has 4 aromatic rings. The second kappa shape index (κ2) is 4.11. The van der Waals surface area contributed by atoms with Crippen molar-refractivity contribution in [2.75, 3.05) is 0 Å². The summed E-state index contributed by atoms with van der Waals surface area (Å²) >= 11 is 5.55. The number of para-hydroxylation sites is 4. The number of aromatic nitrogens is 4. The number of fused-ring (bicyclic) bond motifs is 5. The second-order valence-electron chi connectivity index (χ2n) is 5.15. The summed E-state index contributed by atoms with van der Waals surface area (Å²) in [6.45, 7) is 0. The fourth-order valence-electron chi connectivity index (χ4n) is 2.76. The van der Waals surface area contributed by atoms with Gasteiger partial charge in [0.15, 0.2) is 0 Å². The van der Waals surface area contributed by atoms with E-state index in [1.165, 1.54) is 0 Å². The van der Waals surface area contributed by atoms with Gasteiger partial charge in [-0.05, 0) is 24.3 Å². The van der Waals surface area contributed by atoms with Crippen molar-refractivity contribution in [3.8, 4) is 11.4 Å². The molecule has 5 heteroatoms. The van der Waals surface area contributed by atoms with E-state index in [0.29, 0.717) is 16.3 Å². The summed E-state index contributed by atoms with van der Waals surface area (Å²) in [7, 11) is 0. The molecule has 0 unspecified atom stereocenters. The van der Waals surface area contributed by atoms with Crippen LogP contribution in [0, 0.1) is 0 Å². The van der Waals surface area contributed by atoms with Crippen molar-refractivity contribution in [3.05, 3.63) is 59.9 Å². The molecule has 2 heterocycles. The summed E-state index contributed by atoms with van der Waals surface area (Å²) in [5.74, 6) is 0.